The van der Waals surface area contributed by atoms with Gasteiger partial charge in [-0.3, -0.25) is 0 Å². The second-order valence-electron chi connectivity index (χ2n) is 15.4. The van der Waals surface area contributed by atoms with E-state index in [1.165, 1.54) is 10.8 Å². The molecular weight excluding hydrogens is 745 g/mol. The fourth-order valence-electron chi connectivity index (χ4n) is 8.96. The lowest BCUT2D eigenvalue weighted by molar-refractivity contribution is 0.669. The summed E-state index contributed by atoms with van der Waals surface area (Å²) in [6.07, 6.45) is 7.89. The van der Waals surface area contributed by atoms with Gasteiger partial charge in [-0.05, 0) is 119 Å². The normalized spacial score (nSPS) is 12.1. The van der Waals surface area contributed by atoms with Crippen LogP contribution in [0.2, 0.25) is 0 Å². The SMILES string of the molecule is C=C/C=C\C=C(/C)N(c1ccccc1)c1ccc2c(c1)c1ccccc1c1c3ccc(-c4ccc(N(c5ccccc5)c5cccc6c5oc5ccccc56)cc4)cc3oc21. The fourth-order valence-corrected chi connectivity index (χ4v) is 8.96. The van der Waals surface area contributed by atoms with E-state index in [2.05, 4.69) is 199 Å². The number of rotatable bonds is 9. The predicted octanol–water partition coefficient (Wildman–Crippen LogP) is 16.7. The topological polar surface area (TPSA) is 32.8 Å². The number of anilines is 5. The van der Waals surface area contributed by atoms with E-state index in [1.807, 2.05) is 30.4 Å². The Morgan fingerprint density at radius 2 is 1.05 bits per heavy atom. The highest BCUT2D eigenvalue weighted by atomic mass is 16.3. The van der Waals surface area contributed by atoms with Crippen molar-refractivity contribution >= 4 is 93.9 Å². The van der Waals surface area contributed by atoms with E-state index in [9.17, 15) is 0 Å². The molecule has 0 aliphatic heterocycles. The van der Waals surface area contributed by atoms with Gasteiger partial charge in [0, 0.05) is 55.4 Å². The number of hydrogen-bond donors (Lipinski definition) is 0. The molecule has 4 nitrogen and oxygen atoms in total. The van der Waals surface area contributed by atoms with Crippen molar-refractivity contribution in [3.05, 3.63) is 225 Å². The van der Waals surface area contributed by atoms with Crippen molar-refractivity contribution in [2.45, 2.75) is 6.92 Å². The molecule has 0 N–H and O–H groups in total. The number of allylic oxidation sites excluding steroid dienone is 5. The van der Waals surface area contributed by atoms with E-state index >= 15 is 0 Å². The number of hydrogen-bond acceptors (Lipinski definition) is 4. The Hall–Kier alpha value is -8.08. The van der Waals surface area contributed by atoms with Crippen LogP contribution in [0.1, 0.15) is 6.92 Å². The van der Waals surface area contributed by atoms with Crippen LogP contribution < -0.4 is 9.80 Å². The van der Waals surface area contributed by atoms with Crippen LogP contribution >= 0.6 is 0 Å². The van der Waals surface area contributed by atoms with Crippen molar-refractivity contribution in [1.82, 2.24) is 0 Å². The first-order valence-corrected chi connectivity index (χ1v) is 20.6. The predicted molar refractivity (Wildman–Crippen MR) is 258 cm³/mol. The van der Waals surface area contributed by atoms with Crippen molar-refractivity contribution in [1.29, 1.82) is 0 Å². The summed E-state index contributed by atoms with van der Waals surface area (Å²) in [4.78, 5) is 4.57. The monoisotopic (exact) mass is 784 g/mol. The van der Waals surface area contributed by atoms with Crippen LogP contribution in [0, 0.1) is 0 Å². The Balaban J connectivity index is 1.01. The standard InChI is InChI=1S/C57H40N2O2/c1-3-4-7-17-38(2)58(41-18-8-5-9-19-41)44-33-35-49-51(37-44)45-22-12-13-24-47(45)55-50-34-30-40(36-54(50)61-57(49)55)39-28-31-43(32-29-39)59(42-20-10-6-11-21-42)52-26-16-25-48-46-23-14-15-27-53(46)60-56(48)52/h3-37H,1H2,2H3/b7-4-,38-17+. The Labute approximate surface area is 353 Å². The van der Waals surface area contributed by atoms with Gasteiger partial charge in [0.05, 0.1) is 5.69 Å². The van der Waals surface area contributed by atoms with Crippen molar-refractivity contribution < 1.29 is 8.83 Å². The van der Waals surface area contributed by atoms with Gasteiger partial charge in [-0.25, -0.2) is 0 Å². The Morgan fingerprint density at radius 1 is 0.443 bits per heavy atom. The van der Waals surface area contributed by atoms with Crippen LogP contribution in [0.25, 0.3) is 76.5 Å². The fraction of sp³-hybridized carbons (Fsp3) is 0.0175. The van der Waals surface area contributed by atoms with Gasteiger partial charge in [-0.1, -0.05) is 134 Å². The molecule has 11 aromatic rings. The molecule has 0 fully saturated rings. The molecule has 0 aliphatic rings. The lowest BCUT2D eigenvalue weighted by Crippen LogP contribution is -2.14. The molecule has 0 unspecified atom stereocenters. The number of para-hydroxylation sites is 4. The molecule has 0 spiro atoms. The molecule has 0 bridgehead atoms. The first kappa shape index (κ1) is 36.0. The van der Waals surface area contributed by atoms with Gasteiger partial charge < -0.3 is 18.6 Å². The molecule has 0 aliphatic carbocycles. The maximum atomic E-state index is 6.92. The van der Waals surface area contributed by atoms with E-state index in [1.54, 1.807) is 6.08 Å². The first-order valence-electron chi connectivity index (χ1n) is 20.6. The van der Waals surface area contributed by atoms with Crippen LogP contribution in [0.4, 0.5) is 28.4 Å². The van der Waals surface area contributed by atoms with Crippen LogP contribution in [-0.2, 0) is 0 Å². The zero-order valence-electron chi connectivity index (χ0n) is 33.6. The molecule has 290 valence electrons. The molecule has 4 heteroatoms. The highest BCUT2D eigenvalue weighted by Gasteiger charge is 2.21. The average molecular weight is 785 g/mol. The second kappa shape index (κ2) is 14.9. The third-order valence-corrected chi connectivity index (χ3v) is 11.7. The van der Waals surface area contributed by atoms with Gasteiger partial charge >= 0.3 is 0 Å². The summed E-state index contributed by atoms with van der Waals surface area (Å²) in [5, 5.41) is 9.04. The maximum absolute atomic E-state index is 6.92. The molecule has 0 atom stereocenters. The third-order valence-electron chi connectivity index (χ3n) is 11.7. The van der Waals surface area contributed by atoms with Gasteiger partial charge in [0.2, 0.25) is 0 Å². The molecule has 9 aromatic carbocycles. The summed E-state index contributed by atoms with van der Waals surface area (Å²) in [5.41, 5.74) is 12.0. The molecule has 11 rings (SSSR count). The average Bonchev–Trinajstić information content (AvgIpc) is 3.90. The van der Waals surface area contributed by atoms with Crippen molar-refractivity contribution in [3.63, 3.8) is 0 Å². The van der Waals surface area contributed by atoms with Gasteiger partial charge in [-0.2, -0.15) is 0 Å². The zero-order chi connectivity index (χ0) is 40.9. The summed E-state index contributed by atoms with van der Waals surface area (Å²) >= 11 is 0. The Bertz CT molecular complexity index is 3500. The minimum absolute atomic E-state index is 0.861. The quantitative estimate of drug-likeness (QED) is 0.108. The summed E-state index contributed by atoms with van der Waals surface area (Å²) in [6.45, 7) is 5.98. The molecule has 0 saturated carbocycles. The largest absolute Gasteiger partial charge is 0.455 e. The number of nitrogens with zero attached hydrogens (tertiary/aromatic N) is 2. The van der Waals surface area contributed by atoms with Crippen LogP contribution in [0.3, 0.4) is 0 Å². The van der Waals surface area contributed by atoms with Crippen molar-refractivity contribution in [2.24, 2.45) is 0 Å². The maximum Gasteiger partial charge on any atom is 0.159 e. The molecule has 0 saturated heterocycles. The van der Waals surface area contributed by atoms with E-state index in [-0.39, 0.29) is 0 Å². The first-order chi connectivity index (χ1) is 30.1. The van der Waals surface area contributed by atoms with Gasteiger partial charge in [-0.15, -0.1) is 0 Å². The molecule has 0 amide bonds. The van der Waals surface area contributed by atoms with E-state index in [0.29, 0.717) is 0 Å². The molecular formula is C57H40N2O2. The molecule has 2 heterocycles. The molecule has 61 heavy (non-hydrogen) atoms. The summed E-state index contributed by atoms with van der Waals surface area (Å²) in [6, 6.07) is 66.4. The Morgan fingerprint density at radius 3 is 1.84 bits per heavy atom. The van der Waals surface area contributed by atoms with Gasteiger partial charge in [0.15, 0.2) is 5.58 Å². The number of furan rings is 2. The molecule has 0 radical (unpaired) electrons. The number of benzene rings is 9. The minimum atomic E-state index is 0.861. The van der Waals surface area contributed by atoms with Gasteiger partial charge in [0.1, 0.15) is 16.7 Å². The van der Waals surface area contributed by atoms with E-state index in [4.69, 9.17) is 8.83 Å². The lowest BCUT2D eigenvalue weighted by Gasteiger charge is -2.26. The van der Waals surface area contributed by atoms with Gasteiger partial charge in [0.25, 0.3) is 0 Å². The summed E-state index contributed by atoms with van der Waals surface area (Å²) in [7, 11) is 0. The summed E-state index contributed by atoms with van der Waals surface area (Å²) in [5.74, 6) is 0. The minimum Gasteiger partial charge on any atom is -0.455 e. The van der Waals surface area contributed by atoms with Crippen molar-refractivity contribution in [2.75, 3.05) is 9.80 Å². The van der Waals surface area contributed by atoms with E-state index < -0.39 is 0 Å². The van der Waals surface area contributed by atoms with Crippen LogP contribution in [0.15, 0.2) is 233 Å². The second-order valence-corrected chi connectivity index (χ2v) is 15.4. The Kier molecular flexibility index (Phi) is 8.83. The van der Waals surface area contributed by atoms with E-state index in [0.717, 1.165) is 99.9 Å². The smallest absolute Gasteiger partial charge is 0.159 e. The van der Waals surface area contributed by atoms with Crippen LogP contribution in [0.5, 0.6) is 0 Å². The highest BCUT2D eigenvalue weighted by Crippen LogP contribution is 2.45. The highest BCUT2D eigenvalue weighted by molar-refractivity contribution is 6.30. The summed E-state index contributed by atoms with van der Waals surface area (Å²) < 4.78 is 13.4. The molecule has 2 aromatic heterocycles. The number of fused-ring (bicyclic) bond motifs is 11. The zero-order valence-corrected chi connectivity index (χ0v) is 33.6. The van der Waals surface area contributed by atoms with Crippen molar-refractivity contribution in [3.8, 4) is 11.1 Å². The third kappa shape index (κ3) is 6.16. The van der Waals surface area contributed by atoms with Crippen LogP contribution in [-0.4, -0.2) is 0 Å². The lowest BCUT2D eigenvalue weighted by atomic mass is 9.95.